The summed E-state index contributed by atoms with van der Waals surface area (Å²) >= 11 is 0. The second kappa shape index (κ2) is 51.8. The lowest BCUT2D eigenvalue weighted by Crippen LogP contribution is -2.68. The van der Waals surface area contributed by atoms with E-state index in [1.54, 1.807) is 0 Å². The van der Waals surface area contributed by atoms with Crippen molar-refractivity contribution in [3.63, 3.8) is 0 Å². The Morgan fingerprint density at radius 3 is 1.13 bits per heavy atom. The van der Waals surface area contributed by atoms with Crippen LogP contribution in [0.3, 0.4) is 0 Å². The maximum atomic E-state index is 13.7. The molecule has 19 nitrogen and oxygen atoms in total. The van der Waals surface area contributed by atoms with Gasteiger partial charge in [-0.25, -0.2) is 58.1 Å². The first-order valence-corrected chi connectivity index (χ1v) is 33.1. The van der Waals surface area contributed by atoms with Gasteiger partial charge in [0, 0.05) is 0 Å². The fraction of sp³-hybridized carbons (Fsp3) is 0.818. The Labute approximate surface area is 509 Å². The maximum Gasteiger partial charge on any atom is 0.387 e. The van der Waals surface area contributed by atoms with Crippen molar-refractivity contribution in [2.45, 2.75) is 333 Å². The van der Waals surface area contributed by atoms with E-state index in [-0.39, 0.29) is 25.7 Å². The van der Waals surface area contributed by atoms with Gasteiger partial charge in [0.15, 0.2) is 5.60 Å². The van der Waals surface area contributed by atoms with Gasteiger partial charge in [0.25, 0.3) is 0 Å². The second-order valence-electron chi connectivity index (χ2n) is 23.2. The van der Waals surface area contributed by atoms with Crippen LogP contribution in [0.1, 0.15) is 297 Å². The highest BCUT2D eigenvalue weighted by Crippen LogP contribution is 2.38. The van der Waals surface area contributed by atoms with Crippen molar-refractivity contribution >= 4 is 35.8 Å². The molecule has 492 valence electrons. The third-order valence-electron chi connectivity index (χ3n) is 15.5. The Hall–Kier alpha value is -4.24. The third-order valence-corrected chi connectivity index (χ3v) is 15.5. The molecule has 0 amide bonds. The Kier molecular flexibility index (Phi) is 48.0. The SMILES string of the molecule is CCCCCCCC/C=C\CCCCCCCC(=O)OOC(=O)CC(O)(CC(=O)OOC(=O)C(CCCCCC/C=C\CCCCCCCC)C1(O)O[C@H](CO)[C@@H](O)[C@H](O)[C@H]1O)C(=O)OOC(=O)CCCCCCC/C=C\CCCCCCCC. The fourth-order valence-electron chi connectivity index (χ4n) is 10.1. The van der Waals surface area contributed by atoms with Gasteiger partial charge in [-0.3, -0.25) is 0 Å². The minimum Gasteiger partial charge on any atom is -0.394 e. The summed E-state index contributed by atoms with van der Waals surface area (Å²) < 4.78 is 5.42. The number of carbonyl (C=O) groups excluding carboxylic acids is 6. The van der Waals surface area contributed by atoms with Crippen LogP contribution in [0.25, 0.3) is 0 Å². The molecular weight excluding hydrogens is 1100 g/mol. The van der Waals surface area contributed by atoms with Crippen LogP contribution in [0.15, 0.2) is 36.5 Å². The molecule has 6 N–H and O–H groups in total. The molecule has 0 spiro atoms. The molecule has 0 aromatic rings. The number of rotatable bonds is 52. The monoisotopic (exact) mass is 1210 g/mol. The molecule has 0 aromatic carbocycles. The first-order chi connectivity index (χ1) is 41.1. The van der Waals surface area contributed by atoms with E-state index in [2.05, 4.69) is 81.7 Å². The van der Waals surface area contributed by atoms with Gasteiger partial charge in [0.2, 0.25) is 5.79 Å². The summed E-state index contributed by atoms with van der Waals surface area (Å²) in [6, 6.07) is 0. The molecule has 1 heterocycles. The summed E-state index contributed by atoms with van der Waals surface area (Å²) in [7, 11) is 0. The molecular formula is C66H114O19. The number of hydrogen-bond acceptors (Lipinski definition) is 19. The van der Waals surface area contributed by atoms with Crippen molar-refractivity contribution in [3.05, 3.63) is 36.5 Å². The maximum absolute atomic E-state index is 13.7. The summed E-state index contributed by atoms with van der Waals surface area (Å²) in [6.07, 6.45) is 39.9. The van der Waals surface area contributed by atoms with Gasteiger partial charge in [-0.15, -0.1) is 0 Å². The van der Waals surface area contributed by atoms with E-state index >= 15 is 0 Å². The minimum absolute atomic E-state index is 0.114. The molecule has 0 aromatic heterocycles. The summed E-state index contributed by atoms with van der Waals surface area (Å²) in [5.74, 6) is -13.4. The van der Waals surface area contributed by atoms with Crippen molar-refractivity contribution < 1.29 is 93.5 Å². The van der Waals surface area contributed by atoms with Gasteiger partial charge in [0.1, 0.15) is 30.3 Å². The zero-order valence-corrected chi connectivity index (χ0v) is 52.5. The molecule has 3 unspecified atom stereocenters. The quantitative estimate of drug-likeness (QED) is 0.0143. The number of hydrogen-bond donors (Lipinski definition) is 6. The van der Waals surface area contributed by atoms with Crippen LogP contribution in [0.2, 0.25) is 0 Å². The zero-order valence-electron chi connectivity index (χ0n) is 52.5. The minimum atomic E-state index is -3.25. The van der Waals surface area contributed by atoms with Gasteiger partial charge in [-0.1, -0.05) is 211 Å². The van der Waals surface area contributed by atoms with E-state index < -0.39 is 97.0 Å². The van der Waals surface area contributed by atoms with Gasteiger partial charge in [0.05, 0.1) is 32.3 Å². The topological polar surface area (TPSA) is 288 Å². The van der Waals surface area contributed by atoms with Crippen LogP contribution in [0.4, 0.5) is 0 Å². The number of ether oxygens (including phenoxy) is 1. The molecule has 0 aliphatic carbocycles. The predicted octanol–water partition coefficient (Wildman–Crippen LogP) is 13.0. The van der Waals surface area contributed by atoms with Gasteiger partial charge in [-0.2, -0.15) is 0 Å². The molecule has 1 saturated heterocycles. The lowest BCUT2D eigenvalue weighted by atomic mass is 9.82. The van der Waals surface area contributed by atoms with Crippen molar-refractivity contribution in [1.29, 1.82) is 0 Å². The Balaban J connectivity index is 2.93. The van der Waals surface area contributed by atoms with Crippen LogP contribution in [0.5, 0.6) is 0 Å². The van der Waals surface area contributed by atoms with Gasteiger partial charge >= 0.3 is 35.8 Å². The molecule has 0 radical (unpaired) electrons. The fourth-order valence-corrected chi connectivity index (χ4v) is 10.1. The van der Waals surface area contributed by atoms with Crippen molar-refractivity contribution in [1.82, 2.24) is 0 Å². The Morgan fingerprint density at radius 2 is 0.753 bits per heavy atom. The van der Waals surface area contributed by atoms with Crippen LogP contribution >= 0.6 is 0 Å². The molecule has 85 heavy (non-hydrogen) atoms. The van der Waals surface area contributed by atoms with Crippen LogP contribution in [0, 0.1) is 5.92 Å². The highest BCUT2D eigenvalue weighted by Gasteiger charge is 2.59. The highest BCUT2D eigenvalue weighted by atomic mass is 17.2. The van der Waals surface area contributed by atoms with E-state index in [1.807, 2.05) is 0 Å². The largest absolute Gasteiger partial charge is 0.394 e. The molecule has 7 atom stereocenters. The van der Waals surface area contributed by atoms with Crippen molar-refractivity contribution in [2.75, 3.05) is 6.61 Å². The predicted molar refractivity (Wildman–Crippen MR) is 323 cm³/mol. The van der Waals surface area contributed by atoms with Gasteiger partial charge < -0.3 is 35.4 Å². The Morgan fingerprint density at radius 1 is 0.435 bits per heavy atom. The van der Waals surface area contributed by atoms with Crippen molar-refractivity contribution in [2.24, 2.45) is 5.92 Å². The number of unbranched alkanes of at least 4 members (excludes halogenated alkanes) is 32. The average Bonchev–Trinajstić information content (AvgIpc) is 1.57. The van der Waals surface area contributed by atoms with Crippen LogP contribution < -0.4 is 0 Å². The summed E-state index contributed by atoms with van der Waals surface area (Å²) in [5, 5.41) is 65.0. The van der Waals surface area contributed by atoms with Gasteiger partial charge in [-0.05, 0) is 96.3 Å². The number of aliphatic hydroxyl groups is 6. The van der Waals surface area contributed by atoms with E-state index in [1.165, 1.54) is 109 Å². The molecule has 1 aliphatic rings. The number of allylic oxidation sites excluding steroid dienone is 6. The molecule has 1 aliphatic heterocycles. The summed E-state index contributed by atoms with van der Waals surface area (Å²) in [4.78, 5) is 106. The number of carbonyl (C=O) groups is 6. The first kappa shape index (κ1) is 78.8. The lowest BCUT2D eigenvalue weighted by Gasteiger charge is -2.47. The second-order valence-corrected chi connectivity index (χ2v) is 23.2. The van der Waals surface area contributed by atoms with Crippen molar-refractivity contribution in [3.8, 4) is 0 Å². The summed E-state index contributed by atoms with van der Waals surface area (Å²) in [6.45, 7) is 5.66. The highest BCUT2D eigenvalue weighted by molar-refractivity contribution is 5.90. The van der Waals surface area contributed by atoms with E-state index in [0.29, 0.717) is 38.5 Å². The van der Waals surface area contributed by atoms with E-state index in [0.717, 1.165) is 89.9 Å². The molecule has 1 rings (SSSR count). The lowest BCUT2D eigenvalue weighted by molar-refractivity contribution is -0.370. The summed E-state index contributed by atoms with van der Waals surface area (Å²) in [5.41, 5.74) is -3.25. The van der Waals surface area contributed by atoms with E-state index in [4.69, 9.17) is 9.62 Å². The molecule has 19 heteroatoms. The average molecular weight is 1210 g/mol. The zero-order chi connectivity index (χ0) is 62.7. The smallest absolute Gasteiger partial charge is 0.387 e. The van der Waals surface area contributed by atoms with E-state index in [9.17, 15) is 59.4 Å². The first-order valence-electron chi connectivity index (χ1n) is 33.1. The number of aliphatic hydroxyl groups excluding tert-OH is 4. The molecule has 1 fully saturated rings. The standard InChI is InChI=1S/C66H114O19/c1-4-7-10-13-16-19-22-25-28-31-34-37-40-43-46-49-56(68)80-82-58(70)51-65(77,64(76)85-81-57(69)50-47-44-41-38-35-32-29-26-23-20-17-14-11-8-5-2)52-59(71)83-84-63(75)54(66(78)62(74)61(73)60(72)55(53-67)79-66)48-45-42-39-36-33-30-27-24-21-18-15-12-9-6-3/h25-30,54-55,60-62,67,72-74,77-78H,4-24,31-53H2,1-3H3/b28-25-,29-26-,30-27-/t54?,55-,60-,61+,62-,65?,66?/m1/s1. The molecule has 0 bridgehead atoms. The third kappa shape index (κ3) is 38.6. The molecule has 0 saturated carbocycles. The Bertz CT molecular complexity index is 1840. The van der Waals surface area contributed by atoms with Crippen LogP contribution in [-0.4, -0.2) is 109 Å². The van der Waals surface area contributed by atoms with Crippen LogP contribution in [-0.2, 0) is 62.8 Å². The normalized spacial score (nSPS) is 19.0.